The lowest BCUT2D eigenvalue weighted by molar-refractivity contribution is 0.518. The highest BCUT2D eigenvalue weighted by atomic mass is 79.9. The molecule has 1 atom stereocenters. The fourth-order valence-electron chi connectivity index (χ4n) is 2.19. The minimum absolute atomic E-state index is 0.211. The van der Waals surface area contributed by atoms with Crippen LogP contribution in [-0.2, 0) is 12.8 Å². The molecule has 2 rings (SSSR count). The molecule has 0 aliphatic rings. The third-order valence-corrected chi connectivity index (χ3v) is 4.13. The smallest absolute Gasteiger partial charge is 0.124 e. The summed E-state index contributed by atoms with van der Waals surface area (Å²) in [4.78, 5) is 4.13. The predicted molar refractivity (Wildman–Crippen MR) is 83.2 cm³/mol. The largest absolute Gasteiger partial charge is 0.317 e. The maximum absolute atomic E-state index is 13.1. The number of pyridine rings is 1. The van der Waals surface area contributed by atoms with Crippen molar-refractivity contribution in [2.75, 3.05) is 7.05 Å². The third kappa shape index (κ3) is 4.39. The highest BCUT2D eigenvalue weighted by molar-refractivity contribution is 9.10. The summed E-state index contributed by atoms with van der Waals surface area (Å²) >= 11 is 3.42. The number of benzene rings is 1. The number of nitrogens with one attached hydrogen (secondary N) is 1. The molecule has 0 spiro atoms. The Morgan fingerprint density at radius 3 is 2.85 bits per heavy atom. The highest BCUT2D eigenvalue weighted by Gasteiger charge is 2.10. The molecule has 0 bridgehead atoms. The van der Waals surface area contributed by atoms with Crippen LogP contribution in [0.25, 0.3) is 0 Å². The normalized spacial score (nSPS) is 12.3. The van der Waals surface area contributed by atoms with Crippen LogP contribution in [0.4, 0.5) is 4.39 Å². The van der Waals surface area contributed by atoms with Crippen molar-refractivity contribution in [2.45, 2.75) is 25.3 Å². The Balaban J connectivity index is 1.95. The molecule has 20 heavy (non-hydrogen) atoms. The molecular weight excluding hydrogens is 319 g/mol. The minimum atomic E-state index is -0.211. The second kappa shape index (κ2) is 7.50. The zero-order valence-corrected chi connectivity index (χ0v) is 13.0. The van der Waals surface area contributed by atoms with Gasteiger partial charge in [0.2, 0.25) is 0 Å². The summed E-state index contributed by atoms with van der Waals surface area (Å²) in [5, 5.41) is 3.33. The van der Waals surface area contributed by atoms with Crippen LogP contribution in [0.3, 0.4) is 0 Å². The molecule has 1 heterocycles. The van der Waals surface area contributed by atoms with Gasteiger partial charge in [0.05, 0.1) is 0 Å². The van der Waals surface area contributed by atoms with Crippen molar-refractivity contribution in [3.05, 3.63) is 64.1 Å². The van der Waals surface area contributed by atoms with Crippen molar-refractivity contribution in [2.24, 2.45) is 0 Å². The molecule has 0 aliphatic heterocycles. The predicted octanol–water partition coefficient (Wildman–Crippen LogP) is 3.75. The van der Waals surface area contributed by atoms with Gasteiger partial charge in [-0.15, -0.1) is 0 Å². The van der Waals surface area contributed by atoms with Crippen molar-refractivity contribution < 1.29 is 4.39 Å². The number of rotatable bonds is 6. The van der Waals surface area contributed by atoms with E-state index in [1.165, 1.54) is 17.7 Å². The second-order valence-electron chi connectivity index (χ2n) is 4.83. The van der Waals surface area contributed by atoms with Gasteiger partial charge in [-0.05, 0) is 55.6 Å². The van der Waals surface area contributed by atoms with Gasteiger partial charge < -0.3 is 5.32 Å². The fraction of sp³-hybridized carbons (Fsp3) is 0.312. The fourth-order valence-corrected chi connectivity index (χ4v) is 2.70. The standard InChI is InChI=1S/C16H18BrFN2/c1-19-15(7-4-12-3-2-8-20-11-12)9-13-5-6-14(18)10-16(13)17/h2-3,5-6,8,10-11,15,19H,4,7,9H2,1H3. The van der Waals surface area contributed by atoms with E-state index in [0.29, 0.717) is 6.04 Å². The number of likely N-dealkylation sites (N-methyl/N-ethyl adjacent to an activating group) is 1. The molecule has 2 aromatic rings. The van der Waals surface area contributed by atoms with Gasteiger partial charge in [-0.1, -0.05) is 28.1 Å². The van der Waals surface area contributed by atoms with Gasteiger partial charge in [-0.2, -0.15) is 0 Å². The van der Waals surface area contributed by atoms with Crippen LogP contribution in [-0.4, -0.2) is 18.1 Å². The molecule has 0 fully saturated rings. The summed E-state index contributed by atoms with van der Waals surface area (Å²) in [6.07, 6.45) is 6.57. The van der Waals surface area contributed by atoms with E-state index in [2.05, 4.69) is 32.3 Å². The topological polar surface area (TPSA) is 24.9 Å². The van der Waals surface area contributed by atoms with Gasteiger partial charge in [0.15, 0.2) is 0 Å². The van der Waals surface area contributed by atoms with Gasteiger partial charge in [0, 0.05) is 22.9 Å². The molecule has 1 aromatic carbocycles. The lowest BCUT2D eigenvalue weighted by atomic mass is 10.00. The van der Waals surface area contributed by atoms with E-state index in [9.17, 15) is 4.39 Å². The molecule has 0 amide bonds. The van der Waals surface area contributed by atoms with Crippen LogP contribution < -0.4 is 5.32 Å². The Morgan fingerprint density at radius 2 is 2.20 bits per heavy atom. The first-order chi connectivity index (χ1) is 9.69. The van der Waals surface area contributed by atoms with Crippen molar-refractivity contribution in [1.29, 1.82) is 0 Å². The lowest BCUT2D eigenvalue weighted by Gasteiger charge is -2.17. The van der Waals surface area contributed by atoms with Crippen molar-refractivity contribution in [3.8, 4) is 0 Å². The van der Waals surface area contributed by atoms with Gasteiger partial charge >= 0.3 is 0 Å². The van der Waals surface area contributed by atoms with E-state index in [0.717, 1.165) is 29.3 Å². The van der Waals surface area contributed by atoms with Gasteiger partial charge in [0.25, 0.3) is 0 Å². The van der Waals surface area contributed by atoms with Crippen LogP contribution in [0.5, 0.6) is 0 Å². The average molecular weight is 337 g/mol. The maximum Gasteiger partial charge on any atom is 0.124 e. The first-order valence-electron chi connectivity index (χ1n) is 6.69. The van der Waals surface area contributed by atoms with Crippen LogP contribution >= 0.6 is 15.9 Å². The Labute approximate surface area is 127 Å². The van der Waals surface area contributed by atoms with Gasteiger partial charge in [-0.25, -0.2) is 4.39 Å². The Bertz CT molecular complexity index is 545. The minimum Gasteiger partial charge on any atom is -0.317 e. The third-order valence-electron chi connectivity index (χ3n) is 3.39. The van der Waals surface area contributed by atoms with E-state index >= 15 is 0 Å². The van der Waals surface area contributed by atoms with E-state index < -0.39 is 0 Å². The monoisotopic (exact) mass is 336 g/mol. The molecular formula is C16H18BrFN2. The molecule has 0 saturated heterocycles. The molecule has 1 N–H and O–H groups in total. The van der Waals surface area contributed by atoms with Crippen LogP contribution in [0.15, 0.2) is 47.2 Å². The number of halogens is 2. The second-order valence-corrected chi connectivity index (χ2v) is 5.68. The first-order valence-corrected chi connectivity index (χ1v) is 7.48. The summed E-state index contributed by atoms with van der Waals surface area (Å²) in [7, 11) is 1.96. The number of hydrogen-bond donors (Lipinski definition) is 1. The van der Waals surface area contributed by atoms with Crippen molar-refractivity contribution in [3.63, 3.8) is 0 Å². The van der Waals surface area contributed by atoms with Crippen LogP contribution in [0.2, 0.25) is 0 Å². The van der Waals surface area contributed by atoms with E-state index in [1.807, 2.05) is 25.4 Å². The summed E-state index contributed by atoms with van der Waals surface area (Å²) < 4.78 is 13.9. The summed E-state index contributed by atoms with van der Waals surface area (Å²) in [6.45, 7) is 0. The summed E-state index contributed by atoms with van der Waals surface area (Å²) in [5.74, 6) is -0.211. The zero-order chi connectivity index (χ0) is 14.4. The average Bonchev–Trinajstić information content (AvgIpc) is 2.46. The Hall–Kier alpha value is -1.26. The number of hydrogen-bond acceptors (Lipinski definition) is 2. The van der Waals surface area contributed by atoms with Gasteiger partial charge in [-0.3, -0.25) is 4.98 Å². The SMILES string of the molecule is CNC(CCc1cccnc1)Cc1ccc(F)cc1Br. The van der Waals surface area contributed by atoms with Gasteiger partial charge in [0.1, 0.15) is 5.82 Å². The molecule has 0 saturated carbocycles. The molecule has 1 aromatic heterocycles. The highest BCUT2D eigenvalue weighted by Crippen LogP contribution is 2.20. The van der Waals surface area contributed by atoms with Crippen molar-refractivity contribution in [1.82, 2.24) is 10.3 Å². The Kier molecular flexibility index (Phi) is 5.68. The zero-order valence-electron chi connectivity index (χ0n) is 11.4. The lowest BCUT2D eigenvalue weighted by Crippen LogP contribution is -2.28. The van der Waals surface area contributed by atoms with E-state index in [1.54, 1.807) is 6.20 Å². The van der Waals surface area contributed by atoms with E-state index in [-0.39, 0.29) is 5.82 Å². The number of aromatic nitrogens is 1. The van der Waals surface area contributed by atoms with Crippen molar-refractivity contribution >= 4 is 15.9 Å². The molecule has 106 valence electrons. The molecule has 0 radical (unpaired) electrons. The molecule has 0 aliphatic carbocycles. The molecule has 1 unspecified atom stereocenters. The first kappa shape index (κ1) is 15.1. The van der Waals surface area contributed by atoms with E-state index in [4.69, 9.17) is 0 Å². The molecule has 2 nitrogen and oxygen atoms in total. The number of aryl methyl sites for hydroxylation is 1. The van der Waals surface area contributed by atoms with Crippen LogP contribution in [0, 0.1) is 5.82 Å². The summed E-state index contributed by atoms with van der Waals surface area (Å²) in [5.41, 5.74) is 2.36. The maximum atomic E-state index is 13.1. The quantitative estimate of drug-likeness (QED) is 0.868. The Morgan fingerprint density at radius 1 is 1.35 bits per heavy atom. The van der Waals surface area contributed by atoms with Crippen LogP contribution in [0.1, 0.15) is 17.5 Å². The summed E-state index contributed by atoms with van der Waals surface area (Å²) in [6, 6.07) is 9.27. The number of nitrogens with zero attached hydrogens (tertiary/aromatic N) is 1. The molecule has 4 heteroatoms.